The maximum Gasteiger partial charge on any atom is 0.0817 e. The quantitative estimate of drug-likeness (QED) is 0.822. The molecule has 2 rings (SSSR count). The highest BCUT2D eigenvalue weighted by Crippen LogP contribution is 2.34. The van der Waals surface area contributed by atoms with Crippen molar-refractivity contribution in [2.75, 3.05) is 33.4 Å². The summed E-state index contributed by atoms with van der Waals surface area (Å²) >= 11 is 0. The number of aliphatic hydroxyl groups excluding tert-OH is 1. The monoisotopic (exact) mass is 285 g/mol. The Hall–Kier alpha value is -0.160. The number of aliphatic hydroxyl groups is 2. The first-order chi connectivity index (χ1) is 9.39. The van der Waals surface area contributed by atoms with Gasteiger partial charge in [0.25, 0.3) is 0 Å². The normalized spacial score (nSPS) is 38.1. The molecule has 0 amide bonds. The molecule has 4 atom stereocenters. The Labute approximate surface area is 123 Å². The molecule has 2 N–H and O–H groups in total. The molecule has 0 radical (unpaired) electrons. The predicted molar refractivity (Wildman–Crippen MR) is 79.6 cm³/mol. The smallest absolute Gasteiger partial charge is 0.0817 e. The van der Waals surface area contributed by atoms with Crippen LogP contribution in [0.3, 0.4) is 0 Å². The molecule has 20 heavy (non-hydrogen) atoms. The Morgan fingerprint density at radius 1 is 1.20 bits per heavy atom. The summed E-state index contributed by atoms with van der Waals surface area (Å²) in [5.74, 6) is 1.52. The minimum atomic E-state index is -0.608. The third-order valence-corrected chi connectivity index (χ3v) is 5.15. The first kappa shape index (κ1) is 16.2. The van der Waals surface area contributed by atoms with Crippen LogP contribution in [0, 0.1) is 17.8 Å². The number of rotatable bonds is 4. The third-order valence-electron chi connectivity index (χ3n) is 5.15. The number of ether oxygens (including phenoxy) is 1. The van der Waals surface area contributed by atoms with Gasteiger partial charge in [-0.3, -0.25) is 0 Å². The van der Waals surface area contributed by atoms with Gasteiger partial charge in [0, 0.05) is 45.1 Å². The van der Waals surface area contributed by atoms with E-state index in [4.69, 9.17) is 4.74 Å². The minimum absolute atomic E-state index is 0.194. The molecular weight excluding hydrogens is 254 g/mol. The molecule has 118 valence electrons. The fraction of sp³-hybridized carbons (Fsp3) is 1.00. The van der Waals surface area contributed by atoms with Crippen LogP contribution >= 0.6 is 0 Å². The van der Waals surface area contributed by atoms with Gasteiger partial charge in [-0.25, -0.2) is 0 Å². The molecule has 1 saturated heterocycles. The molecule has 0 aromatic carbocycles. The topological polar surface area (TPSA) is 52.9 Å². The standard InChI is InChI=1S/C16H31NO3/c1-12-8-13(2)14(15(18)9-12)10-17(3)11-16(19)4-6-20-7-5-16/h12-15,18-19H,4-11H2,1-3H3. The lowest BCUT2D eigenvalue weighted by atomic mass is 9.73. The number of hydrogen-bond donors (Lipinski definition) is 2. The number of nitrogens with zero attached hydrogens (tertiary/aromatic N) is 1. The highest BCUT2D eigenvalue weighted by atomic mass is 16.5. The van der Waals surface area contributed by atoms with Crippen molar-refractivity contribution in [1.29, 1.82) is 0 Å². The van der Waals surface area contributed by atoms with Crippen LogP contribution in [0.15, 0.2) is 0 Å². The first-order valence-electron chi connectivity index (χ1n) is 8.06. The van der Waals surface area contributed by atoms with Crippen molar-refractivity contribution in [1.82, 2.24) is 4.90 Å². The molecule has 0 spiro atoms. The zero-order chi connectivity index (χ0) is 14.8. The van der Waals surface area contributed by atoms with Crippen LogP contribution in [-0.2, 0) is 4.74 Å². The van der Waals surface area contributed by atoms with Gasteiger partial charge in [0.1, 0.15) is 0 Å². The zero-order valence-corrected chi connectivity index (χ0v) is 13.2. The molecule has 0 aromatic rings. The van der Waals surface area contributed by atoms with Gasteiger partial charge >= 0.3 is 0 Å². The molecule has 4 unspecified atom stereocenters. The minimum Gasteiger partial charge on any atom is -0.393 e. The molecular formula is C16H31NO3. The van der Waals surface area contributed by atoms with Crippen LogP contribution in [0.5, 0.6) is 0 Å². The Bertz CT molecular complexity index is 292. The molecule has 1 heterocycles. The van der Waals surface area contributed by atoms with Gasteiger partial charge in [-0.2, -0.15) is 0 Å². The first-order valence-corrected chi connectivity index (χ1v) is 8.06. The van der Waals surface area contributed by atoms with Gasteiger partial charge in [0.15, 0.2) is 0 Å². The van der Waals surface area contributed by atoms with E-state index >= 15 is 0 Å². The van der Waals surface area contributed by atoms with Crippen molar-refractivity contribution < 1.29 is 14.9 Å². The fourth-order valence-corrected chi connectivity index (χ4v) is 4.01. The fourth-order valence-electron chi connectivity index (χ4n) is 4.01. The maximum atomic E-state index is 10.6. The molecule has 1 aliphatic heterocycles. The van der Waals surface area contributed by atoms with Crippen LogP contribution in [0.2, 0.25) is 0 Å². The summed E-state index contributed by atoms with van der Waals surface area (Å²) in [5, 5.41) is 20.9. The number of hydrogen-bond acceptors (Lipinski definition) is 4. The molecule has 0 bridgehead atoms. The van der Waals surface area contributed by atoms with Gasteiger partial charge < -0.3 is 19.8 Å². The van der Waals surface area contributed by atoms with Crippen molar-refractivity contribution in [3.63, 3.8) is 0 Å². The lowest BCUT2D eigenvalue weighted by Gasteiger charge is -2.41. The largest absolute Gasteiger partial charge is 0.393 e. The average Bonchev–Trinajstić information content (AvgIpc) is 2.34. The van der Waals surface area contributed by atoms with Gasteiger partial charge in [0.05, 0.1) is 11.7 Å². The summed E-state index contributed by atoms with van der Waals surface area (Å²) in [7, 11) is 2.06. The van der Waals surface area contributed by atoms with Crippen molar-refractivity contribution in [3.05, 3.63) is 0 Å². The van der Waals surface area contributed by atoms with Crippen LogP contribution in [-0.4, -0.2) is 60.2 Å². The van der Waals surface area contributed by atoms with E-state index in [1.807, 2.05) is 0 Å². The van der Waals surface area contributed by atoms with Crippen molar-refractivity contribution >= 4 is 0 Å². The summed E-state index contributed by atoms with van der Waals surface area (Å²) in [4.78, 5) is 2.20. The van der Waals surface area contributed by atoms with E-state index in [1.54, 1.807) is 0 Å². The molecule has 1 aliphatic carbocycles. The summed E-state index contributed by atoms with van der Waals surface area (Å²) < 4.78 is 5.32. The van der Waals surface area contributed by atoms with Gasteiger partial charge in [0.2, 0.25) is 0 Å². The molecule has 4 nitrogen and oxygen atoms in total. The van der Waals surface area contributed by atoms with E-state index in [2.05, 4.69) is 25.8 Å². The highest BCUT2D eigenvalue weighted by molar-refractivity contribution is 4.88. The van der Waals surface area contributed by atoms with Gasteiger partial charge in [-0.1, -0.05) is 13.8 Å². The molecule has 2 aliphatic rings. The lowest BCUT2D eigenvalue weighted by molar-refractivity contribution is -0.0834. The second-order valence-corrected chi connectivity index (χ2v) is 7.32. The summed E-state index contributed by atoms with van der Waals surface area (Å²) in [6, 6.07) is 0. The SMILES string of the molecule is CC1CC(C)C(CN(C)CC2(O)CCOCC2)C(O)C1. The number of likely N-dealkylation sites (N-methyl/N-ethyl adjacent to an activating group) is 1. The van der Waals surface area contributed by atoms with Gasteiger partial charge in [-0.15, -0.1) is 0 Å². The van der Waals surface area contributed by atoms with Gasteiger partial charge in [-0.05, 0) is 31.7 Å². The zero-order valence-electron chi connectivity index (χ0n) is 13.2. The Balaban J connectivity index is 1.85. The Morgan fingerprint density at radius 2 is 1.85 bits per heavy atom. The van der Waals surface area contributed by atoms with Crippen LogP contribution in [0.4, 0.5) is 0 Å². The predicted octanol–water partition coefficient (Wildman–Crippen LogP) is 1.50. The summed E-state index contributed by atoms with van der Waals surface area (Å²) in [6.45, 7) is 7.35. The average molecular weight is 285 g/mol. The molecule has 2 fully saturated rings. The van der Waals surface area contributed by atoms with Crippen molar-refractivity contribution in [2.45, 2.75) is 51.2 Å². The van der Waals surface area contributed by atoms with E-state index in [-0.39, 0.29) is 6.10 Å². The van der Waals surface area contributed by atoms with E-state index in [0.29, 0.717) is 37.5 Å². The Morgan fingerprint density at radius 3 is 2.45 bits per heavy atom. The van der Waals surface area contributed by atoms with Crippen LogP contribution in [0.25, 0.3) is 0 Å². The maximum absolute atomic E-state index is 10.6. The highest BCUT2D eigenvalue weighted by Gasteiger charge is 2.36. The van der Waals surface area contributed by atoms with Crippen LogP contribution in [0.1, 0.15) is 39.5 Å². The van der Waals surface area contributed by atoms with Crippen LogP contribution < -0.4 is 0 Å². The van der Waals surface area contributed by atoms with E-state index in [9.17, 15) is 10.2 Å². The Kier molecular flexibility index (Phi) is 5.46. The van der Waals surface area contributed by atoms with Crippen molar-refractivity contribution in [2.24, 2.45) is 17.8 Å². The lowest BCUT2D eigenvalue weighted by Crippen LogP contribution is -2.49. The molecule has 4 heteroatoms. The van der Waals surface area contributed by atoms with E-state index in [0.717, 1.165) is 25.8 Å². The summed E-state index contributed by atoms with van der Waals surface area (Å²) in [5.41, 5.74) is -0.608. The third kappa shape index (κ3) is 4.17. The second kappa shape index (κ2) is 6.73. The second-order valence-electron chi connectivity index (χ2n) is 7.32. The molecule has 0 aromatic heterocycles. The van der Waals surface area contributed by atoms with E-state index in [1.165, 1.54) is 6.42 Å². The van der Waals surface area contributed by atoms with Crippen molar-refractivity contribution in [3.8, 4) is 0 Å². The summed E-state index contributed by atoms with van der Waals surface area (Å²) in [6.07, 6.45) is 3.36. The van der Waals surface area contributed by atoms with E-state index < -0.39 is 5.60 Å². The molecule has 1 saturated carbocycles.